The van der Waals surface area contributed by atoms with E-state index >= 15 is 0 Å². The first-order chi connectivity index (χ1) is 27.7. The molecule has 0 atom stereocenters. The lowest BCUT2D eigenvalue weighted by atomic mass is 10.0. The molecule has 0 radical (unpaired) electrons. The van der Waals surface area contributed by atoms with Gasteiger partial charge in [-0.3, -0.25) is 4.57 Å². The maximum absolute atomic E-state index is 6.51. The molecule has 0 aliphatic rings. The smallest absolute Gasteiger partial charge is 0.235 e. The number of para-hydroxylation sites is 2. The number of nitrogens with zero attached hydrogens (tertiary/aromatic N) is 3. The van der Waals surface area contributed by atoms with Crippen LogP contribution >= 0.6 is 27.3 Å². The molecule has 4 aromatic heterocycles. The van der Waals surface area contributed by atoms with Gasteiger partial charge in [0, 0.05) is 52.8 Å². The van der Waals surface area contributed by atoms with Crippen LogP contribution in [0.1, 0.15) is 0 Å². The van der Waals surface area contributed by atoms with Gasteiger partial charge >= 0.3 is 0 Å². The first kappa shape index (κ1) is 31.7. The number of benzene rings is 8. The van der Waals surface area contributed by atoms with Gasteiger partial charge in [0.1, 0.15) is 11.3 Å². The molecule has 6 heteroatoms. The zero-order chi connectivity index (χ0) is 36.9. The standard InChI is InChI=1S/C50H28BrN3OS/c51-47-40-27-31(22-25-44(40)55-49(47)37-16-9-11-29-10-1-2-12-33(29)37)30-21-24-43-39(26-30)34-13-4-7-18-42(34)54(43)50-52-41-17-6-3-15-38(41)48(53-50)32-20-23-36-35-14-5-8-19-45(35)56-46(36)28-32/h1-28H. The molecule has 262 valence electrons. The zero-order valence-electron chi connectivity index (χ0n) is 29.7. The molecule has 0 saturated carbocycles. The number of hydrogen-bond donors (Lipinski definition) is 0. The van der Waals surface area contributed by atoms with E-state index in [2.05, 4.69) is 190 Å². The normalized spacial score (nSPS) is 12.0. The second kappa shape index (κ2) is 12.2. The molecule has 0 fully saturated rings. The Bertz CT molecular complexity index is 3570. The molecule has 56 heavy (non-hydrogen) atoms. The summed E-state index contributed by atoms with van der Waals surface area (Å²) in [5, 5.41) is 9.28. The Hall–Kier alpha value is -6.60. The lowest BCUT2D eigenvalue weighted by Gasteiger charge is -2.12. The first-order valence-corrected chi connectivity index (χ1v) is 20.2. The van der Waals surface area contributed by atoms with Gasteiger partial charge in [0.25, 0.3) is 0 Å². The average molecular weight is 799 g/mol. The third kappa shape index (κ3) is 4.76. The molecule has 0 aliphatic heterocycles. The summed E-state index contributed by atoms with van der Waals surface area (Å²) in [7, 11) is 0. The highest BCUT2D eigenvalue weighted by atomic mass is 79.9. The Morgan fingerprint density at radius 1 is 0.482 bits per heavy atom. The second-order valence-corrected chi connectivity index (χ2v) is 16.1. The minimum absolute atomic E-state index is 0.652. The van der Waals surface area contributed by atoms with Crippen molar-refractivity contribution in [3.63, 3.8) is 0 Å². The number of halogens is 1. The van der Waals surface area contributed by atoms with Crippen molar-refractivity contribution >= 4 is 102 Å². The Labute approximate surface area is 333 Å². The minimum atomic E-state index is 0.652. The molecule has 0 bridgehead atoms. The highest BCUT2D eigenvalue weighted by Gasteiger charge is 2.20. The monoisotopic (exact) mass is 797 g/mol. The van der Waals surface area contributed by atoms with Crippen molar-refractivity contribution in [2.75, 3.05) is 0 Å². The van der Waals surface area contributed by atoms with Crippen LogP contribution in [-0.4, -0.2) is 14.5 Å². The van der Waals surface area contributed by atoms with Crippen molar-refractivity contribution < 1.29 is 4.42 Å². The van der Waals surface area contributed by atoms with Crippen molar-refractivity contribution in [2.45, 2.75) is 0 Å². The molecule has 0 saturated heterocycles. The highest BCUT2D eigenvalue weighted by Crippen LogP contribution is 2.43. The van der Waals surface area contributed by atoms with Crippen molar-refractivity contribution in [1.29, 1.82) is 0 Å². The summed E-state index contributed by atoms with van der Waals surface area (Å²) in [5.41, 5.74) is 9.19. The van der Waals surface area contributed by atoms with E-state index in [1.54, 1.807) is 0 Å². The van der Waals surface area contributed by atoms with Crippen molar-refractivity contribution in [1.82, 2.24) is 14.5 Å². The summed E-state index contributed by atoms with van der Waals surface area (Å²) < 4.78 is 12.2. The summed E-state index contributed by atoms with van der Waals surface area (Å²) in [6.45, 7) is 0. The van der Waals surface area contributed by atoms with Gasteiger partial charge in [-0.15, -0.1) is 11.3 Å². The van der Waals surface area contributed by atoms with Crippen LogP contribution in [-0.2, 0) is 0 Å². The number of aromatic nitrogens is 3. The third-order valence-electron chi connectivity index (χ3n) is 11.1. The van der Waals surface area contributed by atoms with Gasteiger partial charge in [-0.25, -0.2) is 9.97 Å². The quantitative estimate of drug-likeness (QED) is 0.178. The van der Waals surface area contributed by atoms with Crippen molar-refractivity contribution in [2.24, 2.45) is 0 Å². The average Bonchev–Trinajstić information content (AvgIpc) is 3.91. The summed E-state index contributed by atoms with van der Waals surface area (Å²) in [6, 6.07) is 60.2. The zero-order valence-corrected chi connectivity index (χ0v) is 32.1. The van der Waals surface area contributed by atoms with Crippen molar-refractivity contribution in [3.05, 3.63) is 174 Å². The number of rotatable bonds is 4. The number of fused-ring (bicyclic) bond motifs is 9. The van der Waals surface area contributed by atoms with Gasteiger partial charge < -0.3 is 4.42 Å². The van der Waals surface area contributed by atoms with Crippen molar-refractivity contribution in [3.8, 4) is 39.7 Å². The molecule has 0 spiro atoms. The Kier molecular flexibility index (Phi) is 6.91. The van der Waals surface area contributed by atoms with Gasteiger partial charge in [0.2, 0.25) is 5.95 Å². The Morgan fingerprint density at radius 2 is 1.16 bits per heavy atom. The molecule has 12 rings (SSSR count). The number of furan rings is 1. The van der Waals surface area contributed by atoms with Crippen LogP contribution in [0.4, 0.5) is 0 Å². The summed E-state index contributed by atoms with van der Waals surface area (Å²) in [5.74, 6) is 1.49. The van der Waals surface area contributed by atoms with Crippen LogP contribution in [0.15, 0.2) is 179 Å². The van der Waals surface area contributed by atoms with E-state index in [0.717, 1.165) is 87.2 Å². The van der Waals surface area contributed by atoms with Crippen LogP contribution in [0.2, 0.25) is 0 Å². The van der Waals surface area contributed by atoms with E-state index < -0.39 is 0 Å². The van der Waals surface area contributed by atoms with Crippen LogP contribution in [0.5, 0.6) is 0 Å². The van der Waals surface area contributed by atoms with Crippen LogP contribution < -0.4 is 0 Å². The van der Waals surface area contributed by atoms with E-state index in [0.29, 0.717) is 5.95 Å². The molecular formula is C50H28BrN3OS. The van der Waals surface area contributed by atoms with Crippen LogP contribution in [0.3, 0.4) is 0 Å². The van der Waals surface area contributed by atoms with E-state index in [1.807, 2.05) is 11.3 Å². The maximum Gasteiger partial charge on any atom is 0.235 e. The van der Waals surface area contributed by atoms with Gasteiger partial charge in [0.05, 0.1) is 26.7 Å². The Morgan fingerprint density at radius 3 is 2.07 bits per heavy atom. The second-order valence-electron chi connectivity index (χ2n) is 14.3. The highest BCUT2D eigenvalue weighted by molar-refractivity contribution is 9.10. The topological polar surface area (TPSA) is 43.9 Å². The number of hydrogen-bond acceptors (Lipinski definition) is 4. The molecule has 0 unspecified atom stereocenters. The first-order valence-electron chi connectivity index (χ1n) is 18.6. The largest absolute Gasteiger partial charge is 0.455 e. The summed E-state index contributed by atoms with van der Waals surface area (Å²) in [6.07, 6.45) is 0. The minimum Gasteiger partial charge on any atom is -0.455 e. The van der Waals surface area contributed by atoms with Crippen LogP contribution in [0.25, 0.3) is 114 Å². The SMILES string of the molecule is Brc1c(-c2cccc3ccccc23)oc2ccc(-c3ccc4c(c3)c3ccccc3n4-c3nc(-c4ccc5c(c4)sc4ccccc45)c4ccccc4n3)cc12. The van der Waals surface area contributed by atoms with E-state index in [1.165, 1.54) is 25.6 Å². The fourth-order valence-electron chi connectivity index (χ4n) is 8.47. The fraction of sp³-hybridized carbons (Fsp3) is 0. The maximum atomic E-state index is 6.51. The molecule has 12 aromatic rings. The fourth-order valence-corrected chi connectivity index (χ4v) is 10.2. The van der Waals surface area contributed by atoms with Gasteiger partial charge in [-0.05, 0) is 86.4 Å². The van der Waals surface area contributed by atoms with E-state index in [9.17, 15) is 0 Å². The van der Waals surface area contributed by atoms with Gasteiger partial charge in [-0.1, -0.05) is 121 Å². The lowest BCUT2D eigenvalue weighted by Crippen LogP contribution is -2.03. The molecule has 4 nitrogen and oxygen atoms in total. The molecule has 0 amide bonds. The Balaban J connectivity index is 1.01. The third-order valence-corrected chi connectivity index (χ3v) is 13.0. The number of thiophene rings is 1. The summed E-state index contributed by atoms with van der Waals surface area (Å²) in [4.78, 5) is 10.6. The molecule has 8 aromatic carbocycles. The molecule has 0 N–H and O–H groups in total. The predicted molar refractivity (Wildman–Crippen MR) is 238 cm³/mol. The lowest BCUT2D eigenvalue weighted by molar-refractivity contribution is 0.630. The molecular weight excluding hydrogens is 771 g/mol. The predicted octanol–water partition coefficient (Wildman–Crippen LogP) is 14.8. The molecule has 4 heterocycles. The van der Waals surface area contributed by atoms with E-state index in [-0.39, 0.29) is 0 Å². The van der Waals surface area contributed by atoms with Gasteiger partial charge in [0.15, 0.2) is 0 Å². The summed E-state index contributed by atoms with van der Waals surface area (Å²) >= 11 is 5.76. The van der Waals surface area contributed by atoms with E-state index in [4.69, 9.17) is 14.4 Å². The molecule has 0 aliphatic carbocycles. The van der Waals surface area contributed by atoms with Crippen LogP contribution in [0, 0.1) is 0 Å². The van der Waals surface area contributed by atoms with Gasteiger partial charge in [-0.2, -0.15) is 0 Å².